The average molecular weight is 276 g/mol. The van der Waals surface area contributed by atoms with E-state index in [1.54, 1.807) is 13.8 Å². The van der Waals surface area contributed by atoms with Crippen LogP contribution in [0.3, 0.4) is 0 Å². The standard InChI is InChI=1S/C17H24O3/c1-10(2)16(19)20-17(9-11(3)18)14-5-12-4-13(7-14)8-15(17)6-12/h12-15H,1,4-9H2,2-3H3. The largest absolute Gasteiger partial charge is 0.455 e. The van der Waals surface area contributed by atoms with Gasteiger partial charge in [-0.15, -0.1) is 0 Å². The fraction of sp³-hybridized carbons (Fsp3) is 0.765. The van der Waals surface area contributed by atoms with Gasteiger partial charge in [-0.3, -0.25) is 4.79 Å². The van der Waals surface area contributed by atoms with Gasteiger partial charge in [-0.25, -0.2) is 4.79 Å². The van der Waals surface area contributed by atoms with E-state index in [1.807, 2.05) is 0 Å². The first-order valence-corrected chi connectivity index (χ1v) is 7.79. The Labute approximate surface area is 120 Å². The second kappa shape index (κ2) is 4.71. The molecular formula is C17H24O3. The molecule has 3 heteroatoms. The highest BCUT2D eigenvalue weighted by molar-refractivity contribution is 5.88. The van der Waals surface area contributed by atoms with E-state index in [1.165, 1.54) is 6.42 Å². The number of rotatable bonds is 4. The summed E-state index contributed by atoms with van der Waals surface area (Å²) in [5.41, 5.74) is -0.100. The lowest BCUT2D eigenvalue weighted by Crippen LogP contribution is -2.60. The van der Waals surface area contributed by atoms with Crippen molar-refractivity contribution in [3.63, 3.8) is 0 Å². The summed E-state index contributed by atoms with van der Waals surface area (Å²) >= 11 is 0. The predicted octanol–water partition coefficient (Wildman–Crippen LogP) is 3.28. The van der Waals surface area contributed by atoms with Crippen molar-refractivity contribution < 1.29 is 14.3 Å². The highest BCUT2D eigenvalue weighted by Gasteiger charge is 2.59. The third-order valence-corrected chi connectivity index (χ3v) is 5.68. The molecule has 0 N–H and O–H groups in total. The highest BCUT2D eigenvalue weighted by atomic mass is 16.6. The summed E-state index contributed by atoms with van der Waals surface area (Å²) in [6, 6.07) is 0. The zero-order valence-corrected chi connectivity index (χ0v) is 12.5. The molecule has 4 aliphatic carbocycles. The SMILES string of the molecule is C=C(C)C(=O)OC1(CC(C)=O)C2CC3CC(C2)CC1C3. The number of carbonyl (C=O) groups excluding carboxylic acids is 2. The van der Waals surface area contributed by atoms with Crippen LogP contribution in [0.2, 0.25) is 0 Å². The van der Waals surface area contributed by atoms with E-state index in [4.69, 9.17) is 4.74 Å². The normalized spacial score (nSPS) is 41.5. The maximum atomic E-state index is 12.1. The Bertz CT molecular complexity index is 435. The van der Waals surface area contributed by atoms with E-state index >= 15 is 0 Å². The maximum Gasteiger partial charge on any atom is 0.333 e. The third kappa shape index (κ3) is 2.11. The van der Waals surface area contributed by atoms with E-state index in [2.05, 4.69) is 6.58 Å². The Hall–Kier alpha value is -1.12. The van der Waals surface area contributed by atoms with E-state index in [0.29, 0.717) is 23.8 Å². The first kappa shape index (κ1) is 13.8. The van der Waals surface area contributed by atoms with Crippen molar-refractivity contribution in [2.45, 2.75) is 58.0 Å². The molecule has 0 aromatic carbocycles. The van der Waals surface area contributed by atoms with E-state index in [-0.39, 0.29) is 11.8 Å². The molecule has 0 aliphatic heterocycles. The van der Waals surface area contributed by atoms with Crippen LogP contribution in [-0.2, 0) is 14.3 Å². The van der Waals surface area contributed by atoms with Crippen molar-refractivity contribution in [2.24, 2.45) is 23.7 Å². The number of hydrogen-bond acceptors (Lipinski definition) is 3. The molecule has 0 unspecified atom stereocenters. The monoisotopic (exact) mass is 276 g/mol. The van der Waals surface area contributed by atoms with Gasteiger partial charge in [-0.2, -0.15) is 0 Å². The molecule has 4 aliphatic rings. The fourth-order valence-corrected chi connectivity index (χ4v) is 5.12. The molecule has 0 spiro atoms. The quantitative estimate of drug-likeness (QED) is 0.584. The molecule has 4 bridgehead atoms. The van der Waals surface area contributed by atoms with Crippen LogP contribution in [0.4, 0.5) is 0 Å². The van der Waals surface area contributed by atoms with Gasteiger partial charge in [0, 0.05) is 23.8 Å². The zero-order chi connectivity index (χ0) is 14.5. The van der Waals surface area contributed by atoms with Gasteiger partial charge in [0.05, 0.1) is 0 Å². The van der Waals surface area contributed by atoms with Crippen molar-refractivity contribution in [1.82, 2.24) is 0 Å². The van der Waals surface area contributed by atoms with Gasteiger partial charge in [0.1, 0.15) is 11.4 Å². The lowest BCUT2D eigenvalue weighted by atomic mass is 9.49. The molecule has 0 aromatic rings. The number of ketones is 1. The van der Waals surface area contributed by atoms with Crippen LogP contribution in [0.25, 0.3) is 0 Å². The van der Waals surface area contributed by atoms with E-state index < -0.39 is 5.60 Å². The average Bonchev–Trinajstić information content (AvgIpc) is 2.33. The van der Waals surface area contributed by atoms with Crippen molar-refractivity contribution >= 4 is 11.8 Å². The molecule has 4 saturated carbocycles. The van der Waals surface area contributed by atoms with Crippen molar-refractivity contribution in [2.75, 3.05) is 0 Å². The van der Waals surface area contributed by atoms with E-state index in [9.17, 15) is 9.59 Å². The topological polar surface area (TPSA) is 43.4 Å². The summed E-state index contributed by atoms with van der Waals surface area (Å²) in [6.45, 7) is 6.98. The molecule has 0 aromatic heterocycles. The lowest BCUT2D eigenvalue weighted by Gasteiger charge is -2.60. The molecule has 0 amide bonds. The summed E-state index contributed by atoms with van der Waals surface area (Å²) in [5.74, 6) is 2.16. The number of hydrogen-bond donors (Lipinski definition) is 0. The maximum absolute atomic E-state index is 12.1. The summed E-state index contributed by atoms with van der Waals surface area (Å²) in [5, 5.41) is 0. The predicted molar refractivity (Wildman–Crippen MR) is 76.0 cm³/mol. The minimum atomic E-state index is -0.532. The second-order valence-electron chi connectivity index (χ2n) is 7.31. The first-order chi connectivity index (χ1) is 9.40. The summed E-state index contributed by atoms with van der Waals surface area (Å²) in [4.78, 5) is 23.9. The molecule has 20 heavy (non-hydrogen) atoms. The number of carbonyl (C=O) groups is 2. The van der Waals surface area contributed by atoms with Gasteiger partial charge < -0.3 is 4.74 Å². The van der Waals surface area contributed by atoms with Gasteiger partial charge in [0.25, 0.3) is 0 Å². The molecule has 110 valence electrons. The summed E-state index contributed by atoms with van der Waals surface area (Å²) in [7, 11) is 0. The smallest absolute Gasteiger partial charge is 0.333 e. The van der Waals surface area contributed by atoms with Crippen molar-refractivity contribution in [1.29, 1.82) is 0 Å². The van der Waals surface area contributed by atoms with Crippen LogP contribution < -0.4 is 0 Å². The summed E-state index contributed by atoms with van der Waals surface area (Å²) in [6.07, 6.45) is 6.25. The molecule has 4 fully saturated rings. The molecule has 0 radical (unpaired) electrons. The number of Topliss-reactive ketones (excluding diaryl/α,β-unsaturated/α-hetero) is 1. The molecule has 0 heterocycles. The molecule has 3 nitrogen and oxygen atoms in total. The van der Waals surface area contributed by atoms with Crippen LogP contribution in [0, 0.1) is 23.7 Å². The molecular weight excluding hydrogens is 252 g/mol. The Morgan fingerprint density at radius 2 is 1.55 bits per heavy atom. The van der Waals surface area contributed by atoms with Gasteiger partial charge in [-0.1, -0.05) is 6.58 Å². The van der Waals surface area contributed by atoms with Crippen LogP contribution >= 0.6 is 0 Å². The lowest BCUT2D eigenvalue weighted by molar-refractivity contribution is -0.207. The minimum absolute atomic E-state index is 0.131. The minimum Gasteiger partial charge on any atom is -0.455 e. The van der Waals surface area contributed by atoms with Gasteiger partial charge >= 0.3 is 5.97 Å². The van der Waals surface area contributed by atoms with Gasteiger partial charge in [0.15, 0.2) is 0 Å². The molecule has 0 saturated heterocycles. The Morgan fingerprint density at radius 3 is 1.95 bits per heavy atom. The van der Waals surface area contributed by atoms with Gasteiger partial charge in [-0.05, 0) is 57.8 Å². The van der Waals surface area contributed by atoms with Gasteiger partial charge in [0.2, 0.25) is 0 Å². The van der Waals surface area contributed by atoms with Crippen LogP contribution in [0.1, 0.15) is 52.4 Å². The molecule has 4 rings (SSSR count). The first-order valence-electron chi connectivity index (χ1n) is 7.79. The zero-order valence-electron chi connectivity index (χ0n) is 12.5. The highest BCUT2D eigenvalue weighted by Crippen LogP contribution is 2.60. The Balaban J connectivity index is 1.91. The molecule has 0 atom stereocenters. The van der Waals surface area contributed by atoms with E-state index in [0.717, 1.165) is 37.5 Å². The van der Waals surface area contributed by atoms with Crippen molar-refractivity contribution in [3.8, 4) is 0 Å². The fourth-order valence-electron chi connectivity index (χ4n) is 5.12. The Morgan fingerprint density at radius 1 is 1.05 bits per heavy atom. The number of ether oxygens (including phenoxy) is 1. The van der Waals surface area contributed by atoms with Crippen molar-refractivity contribution in [3.05, 3.63) is 12.2 Å². The third-order valence-electron chi connectivity index (χ3n) is 5.68. The Kier molecular flexibility index (Phi) is 3.26. The van der Waals surface area contributed by atoms with Crippen LogP contribution in [-0.4, -0.2) is 17.4 Å². The summed E-state index contributed by atoms with van der Waals surface area (Å²) < 4.78 is 5.93. The van der Waals surface area contributed by atoms with Crippen LogP contribution in [0.15, 0.2) is 12.2 Å². The van der Waals surface area contributed by atoms with Crippen LogP contribution in [0.5, 0.6) is 0 Å². The number of esters is 1. The second-order valence-corrected chi connectivity index (χ2v) is 7.31.